The van der Waals surface area contributed by atoms with Gasteiger partial charge in [0, 0.05) is 43.2 Å². The number of nitrogens with one attached hydrogen (secondary N) is 1. The van der Waals surface area contributed by atoms with Gasteiger partial charge in [0.15, 0.2) is 11.6 Å². The van der Waals surface area contributed by atoms with Crippen LogP contribution in [-0.4, -0.2) is 53.7 Å². The van der Waals surface area contributed by atoms with Gasteiger partial charge >= 0.3 is 0 Å². The van der Waals surface area contributed by atoms with Crippen LogP contribution in [0.4, 0.5) is 11.5 Å². The monoisotopic (exact) mass is 382 g/mol. The Bertz CT molecular complexity index is 885. The summed E-state index contributed by atoms with van der Waals surface area (Å²) in [5.41, 5.74) is 1.36. The van der Waals surface area contributed by atoms with Crippen LogP contribution < -0.4 is 10.2 Å². The Hall–Kier alpha value is -2.84. The molecule has 0 aliphatic carbocycles. The Morgan fingerprint density at radius 3 is 2.57 bits per heavy atom. The first-order valence-corrected chi connectivity index (χ1v) is 9.32. The smallest absolute Gasteiger partial charge is 0.274 e. The van der Waals surface area contributed by atoms with Crippen molar-refractivity contribution in [1.29, 1.82) is 0 Å². The van der Waals surface area contributed by atoms with E-state index in [0.717, 1.165) is 25.9 Å². The lowest BCUT2D eigenvalue weighted by Crippen LogP contribution is -2.45. The molecule has 2 fully saturated rings. The molecule has 146 valence electrons. The molecule has 0 radical (unpaired) electrons. The van der Waals surface area contributed by atoms with Gasteiger partial charge in [-0.2, -0.15) is 0 Å². The molecule has 1 spiro atoms. The van der Waals surface area contributed by atoms with Gasteiger partial charge in [-0.15, -0.1) is 0 Å². The Morgan fingerprint density at radius 1 is 1.11 bits per heavy atom. The number of carbonyl (C=O) groups excluding carboxylic acids is 2. The van der Waals surface area contributed by atoms with Crippen LogP contribution in [0.3, 0.4) is 0 Å². The minimum atomic E-state index is -0.453. The molecule has 8 heteroatoms. The number of rotatable bonds is 4. The van der Waals surface area contributed by atoms with Crippen molar-refractivity contribution in [3.63, 3.8) is 0 Å². The Kier molecular flexibility index (Phi) is 5.06. The number of piperidine rings is 1. The second kappa shape index (κ2) is 7.65. The fraction of sp³-hybridized carbons (Fsp3) is 0.400. The van der Waals surface area contributed by atoms with Gasteiger partial charge in [-0.25, -0.2) is 9.97 Å². The molecule has 1 aromatic heterocycles. The fourth-order valence-electron chi connectivity index (χ4n) is 3.52. The average Bonchev–Trinajstić information content (AvgIpc) is 3.17. The van der Waals surface area contributed by atoms with Crippen molar-refractivity contribution in [2.24, 2.45) is 0 Å². The van der Waals surface area contributed by atoms with E-state index in [1.807, 2.05) is 0 Å². The van der Waals surface area contributed by atoms with Crippen molar-refractivity contribution in [1.82, 2.24) is 9.97 Å². The van der Waals surface area contributed by atoms with E-state index in [1.165, 1.54) is 13.3 Å². The summed E-state index contributed by atoms with van der Waals surface area (Å²) in [7, 11) is 0. The van der Waals surface area contributed by atoms with E-state index in [0.29, 0.717) is 30.3 Å². The van der Waals surface area contributed by atoms with Crippen molar-refractivity contribution >= 4 is 23.2 Å². The summed E-state index contributed by atoms with van der Waals surface area (Å²) < 4.78 is 11.5. The summed E-state index contributed by atoms with van der Waals surface area (Å²) in [6, 6.07) is 8.50. The highest BCUT2D eigenvalue weighted by molar-refractivity contribution is 6.04. The molecule has 2 aromatic rings. The predicted octanol–water partition coefficient (Wildman–Crippen LogP) is 2.27. The third-order valence-corrected chi connectivity index (χ3v) is 5.08. The highest BCUT2D eigenvalue weighted by atomic mass is 16.7. The summed E-state index contributed by atoms with van der Waals surface area (Å²) in [6.45, 7) is 4.24. The van der Waals surface area contributed by atoms with Gasteiger partial charge in [0.1, 0.15) is 17.8 Å². The van der Waals surface area contributed by atoms with Crippen LogP contribution in [0.15, 0.2) is 36.7 Å². The van der Waals surface area contributed by atoms with Crippen LogP contribution in [-0.2, 0) is 9.47 Å². The number of anilines is 2. The minimum absolute atomic E-state index is 0.0569. The quantitative estimate of drug-likeness (QED) is 0.811. The number of aromatic nitrogens is 2. The number of nitrogens with zero attached hydrogens (tertiary/aromatic N) is 3. The van der Waals surface area contributed by atoms with E-state index in [1.54, 1.807) is 30.3 Å². The molecule has 1 N–H and O–H groups in total. The summed E-state index contributed by atoms with van der Waals surface area (Å²) in [6.07, 6.45) is 2.91. The zero-order chi connectivity index (χ0) is 19.6. The summed E-state index contributed by atoms with van der Waals surface area (Å²) in [5, 5.41) is 2.78. The maximum Gasteiger partial charge on any atom is 0.274 e. The van der Waals surface area contributed by atoms with Crippen LogP contribution >= 0.6 is 0 Å². The van der Waals surface area contributed by atoms with Gasteiger partial charge in [0.2, 0.25) is 0 Å². The van der Waals surface area contributed by atoms with Crippen LogP contribution in [0.1, 0.15) is 40.6 Å². The highest BCUT2D eigenvalue weighted by Gasteiger charge is 2.40. The first kappa shape index (κ1) is 18.5. The number of amides is 1. The molecule has 2 aliphatic rings. The van der Waals surface area contributed by atoms with Crippen LogP contribution in [0.5, 0.6) is 0 Å². The van der Waals surface area contributed by atoms with Crippen LogP contribution in [0.2, 0.25) is 0 Å². The molecule has 2 saturated heterocycles. The molecule has 0 atom stereocenters. The number of hydrogen-bond donors (Lipinski definition) is 1. The first-order chi connectivity index (χ1) is 13.5. The Balaban J connectivity index is 1.44. The van der Waals surface area contributed by atoms with Gasteiger partial charge < -0.3 is 19.7 Å². The Labute approximate surface area is 162 Å². The normalized spacial score (nSPS) is 18.2. The molecule has 0 bridgehead atoms. The molecule has 8 nitrogen and oxygen atoms in total. The lowest BCUT2D eigenvalue weighted by molar-refractivity contribution is -0.169. The lowest BCUT2D eigenvalue weighted by Gasteiger charge is -2.38. The summed E-state index contributed by atoms with van der Waals surface area (Å²) in [4.78, 5) is 34.6. The zero-order valence-electron chi connectivity index (χ0n) is 15.7. The molecule has 3 heterocycles. The van der Waals surface area contributed by atoms with Crippen molar-refractivity contribution in [3.05, 3.63) is 47.9 Å². The molecular weight excluding hydrogens is 360 g/mol. The molecule has 28 heavy (non-hydrogen) atoms. The van der Waals surface area contributed by atoms with Gasteiger partial charge in [0.05, 0.1) is 13.2 Å². The lowest BCUT2D eigenvalue weighted by atomic mass is 10.0. The van der Waals surface area contributed by atoms with Gasteiger partial charge in [0.25, 0.3) is 5.91 Å². The van der Waals surface area contributed by atoms with Crippen LogP contribution in [0, 0.1) is 0 Å². The van der Waals surface area contributed by atoms with Crippen LogP contribution in [0.25, 0.3) is 0 Å². The molecule has 1 amide bonds. The first-order valence-electron chi connectivity index (χ1n) is 9.32. The van der Waals surface area contributed by atoms with Crippen molar-refractivity contribution < 1.29 is 19.1 Å². The van der Waals surface area contributed by atoms with Crippen molar-refractivity contribution in [2.75, 3.05) is 36.5 Å². The maximum absolute atomic E-state index is 12.6. The van der Waals surface area contributed by atoms with E-state index < -0.39 is 5.79 Å². The van der Waals surface area contributed by atoms with Gasteiger partial charge in [-0.05, 0) is 19.1 Å². The minimum Gasteiger partial charge on any atom is -0.356 e. The number of ether oxygens (including phenoxy) is 2. The van der Waals surface area contributed by atoms with Crippen molar-refractivity contribution in [2.45, 2.75) is 25.6 Å². The molecule has 0 saturated carbocycles. The third kappa shape index (κ3) is 3.88. The zero-order valence-corrected chi connectivity index (χ0v) is 15.7. The van der Waals surface area contributed by atoms with Crippen molar-refractivity contribution in [3.8, 4) is 0 Å². The van der Waals surface area contributed by atoms with Gasteiger partial charge in [-0.1, -0.05) is 12.1 Å². The second-order valence-corrected chi connectivity index (χ2v) is 6.95. The summed E-state index contributed by atoms with van der Waals surface area (Å²) >= 11 is 0. The predicted molar refractivity (Wildman–Crippen MR) is 103 cm³/mol. The second-order valence-electron chi connectivity index (χ2n) is 6.95. The third-order valence-electron chi connectivity index (χ3n) is 5.08. The number of benzene rings is 1. The average molecular weight is 382 g/mol. The summed E-state index contributed by atoms with van der Waals surface area (Å²) in [5.74, 6) is -0.157. The topological polar surface area (TPSA) is 93.7 Å². The van der Waals surface area contributed by atoms with E-state index in [9.17, 15) is 9.59 Å². The number of Topliss-reactive ketones (excluding diaryl/α,β-unsaturated/α-hetero) is 1. The molecular formula is C20H22N4O4. The Morgan fingerprint density at radius 2 is 1.86 bits per heavy atom. The number of hydrogen-bond acceptors (Lipinski definition) is 7. The fourth-order valence-corrected chi connectivity index (χ4v) is 3.52. The molecule has 0 unspecified atom stereocenters. The van der Waals surface area contributed by atoms with E-state index in [4.69, 9.17) is 9.47 Å². The largest absolute Gasteiger partial charge is 0.356 e. The molecule has 4 rings (SSSR count). The molecule has 2 aliphatic heterocycles. The number of carbonyl (C=O) groups is 2. The highest BCUT2D eigenvalue weighted by Crippen LogP contribution is 2.32. The van der Waals surface area contributed by atoms with E-state index >= 15 is 0 Å². The standard InChI is InChI=1S/C20H22N4O4/c1-14(25)15-3-2-4-16(11-15)23-19(26)17-12-18(22-13-21-17)24-7-5-20(6-8-24)27-9-10-28-20/h2-4,11-13H,5-10H2,1H3,(H,23,26). The van der Waals surface area contributed by atoms with Gasteiger partial charge in [-0.3, -0.25) is 9.59 Å². The molecule has 1 aromatic carbocycles. The van der Waals surface area contributed by atoms with E-state index in [-0.39, 0.29) is 17.4 Å². The SMILES string of the molecule is CC(=O)c1cccc(NC(=O)c2cc(N3CCC4(CC3)OCCO4)ncn2)c1. The van der Waals surface area contributed by atoms with E-state index in [2.05, 4.69) is 20.2 Å². The number of ketones is 1. The maximum atomic E-state index is 12.6.